The average Bonchev–Trinajstić information content (AvgIpc) is 3.09. The zero-order valence-corrected chi connectivity index (χ0v) is 15.7. The van der Waals surface area contributed by atoms with Gasteiger partial charge in [0, 0.05) is 30.5 Å². The molecule has 0 aliphatic rings. The fourth-order valence-corrected chi connectivity index (χ4v) is 4.08. The lowest BCUT2D eigenvalue weighted by Crippen LogP contribution is -2.23. The number of carbonyl (C=O) groups is 1. The highest BCUT2D eigenvalue weighted by molar-refractivity contribution is 7.98. The Bertz CT molecular complexity index is 851. The van der Waals surface area contributed by atoms with Crippen molar-refractivity contribution < 1.29 is 4.79 Å². The van der Waals surface area contributed by atoms with Gasteiger partial charge < -0.3 is 0 Å². The topological polar surface area (TPSA) is 59.0 Å². The molecule has 0 aliphatic carbocycles. The van der Waals surface area contributed by atoms with Gasteiger partial charge in [0.1, 0.15) is 0 Å². The van der Waals surface area contributed by atoms with E-state index in [-0.39, 0.29) is 5.91 Å². The van der Waals surface area contributed by atoms with Gasteiger partial charge in [-0.15, -0.1) is 11.3 Å². The minimum absolute atomic E-state index is 0.0409. The fraction of sp³-hybridized carbons (Fsp3) is 0.222. The van der Waals surface area contributed by atoms with Crippen LogP contribution >= 0.6 is 23.1 Å². The van der Waals surface area contributed by atoms with E-state index in [4.69, 9.17) is 0 Å². The van der Waals surface area contributed by atoms with Crippen molar-refractivity contribution in [2.75, 3.05) is 4.90 Å². The van der Waals surface area contributed by atoms with E-state index < -0.39 is 0 Å². The standard InChI is InChI=1S/C18H18N4OS2/c1-3-14-7-4-5-8-16(14)22(13(2)23)18-21-15(12-25-18)11-24-17-19-9-6-10-20-17/h4-10,12H,3,11H2,1-2H3. The van der Waals surface area contributed by atoms with Crippen LogP contribution in [0.3, 0.4) is 0 Å². The quantitative estimate of drug-likeness (QED) is 0.473. The molecule has 1 amide bonds. The van der Waals surface area contributed by atoms with E-state index in [1.165, 1.54) is 23.1 Å². The van der Waals surface area contributed by atoms with Crippen molar-refractivity contribution in [2.45, 2.75) is 31.2 Å². The lowest BCUT2D eigenvalue weighted by molar-refractivity contribution is -0.115. The van der Waals surface area contributed by atoms with Crippen LogP contribution in [0.4, 0.5) is 10.8 Å². The summed E-state index contributed by atoms with van der Waals surface area (Å²) in [7, 11) is 0. The van der Waals surface area contributed by atoms with Crippen LogP contribution in [-0.4, -0.2) is 20.9 Å². The Labute approximate surface area is 155 Å². The molecule has 5 nitrogen and oxygen atoms in total. The number of aromatic nitrogens is 3. The number of amides is 1. The second-order valence-electron chi connectivity index (χ2n) is 5.28. The Hall–Kier alpha value is -2.25. The number of rotatable bonds is 6. The molecule has 0 bridgehead atoms. The van der Waals surface area contributed by atoms with E-state index in [0.29, 0.717) is 10.9 Å². The van der Waals surface area contributed by atoms with Gasteiger partial charge >= 0.3 is 0 Å². The monoisotopic (exact) mass is 370 g/mol. The van der Waals surface area contributed by atoms with E-state index >= 15 is 0 Å². The Balaban J connectivity index is 1.81. The van der Waals surface area contributed by atoms with Gasteiger partial charge in [-0.25, -0.2) is 15.0 Å². The molecular formula is C18H18N4OS2. The van der Waals surface area contributed by atoms with Crippen molar-refractivity contribution in [2.24, 2.45) is 0 Å². The number of para-hydroxylation sites is 1. The molecule has 0 saturated heterocycles. The highest BCUT2D eigenvalue weighted by atomic mass is 32.2. The highest BCUT2D eigenvalue weighted by Crippen LogP contribution is 2.32. The molecule has 128 valence electrons. The summed E-state index contributed by atoms with van der Waals surface area (Å²) >= 11 is 3.00. The molecule has 0 fully saturated rings. The van der Waals surface area contributed by atoms with Crippen LogP contribution in [0.15, 0.2) is 53.3 Å². The molecule has 0 unspecified atom stereocenters. The minimum Gasteiger partial charge on any atom is -0.274 e. The van der Waals surface area contributed by atoms with Gasteiger partial charge in [-0.3, -0.25) is 9.69 Å². The number of carbonyl (C=O) groups excluding carboxylic acids is 1. The van der Waals surface area contributed by atoms with Crippen molar-refractivity contribution in [3.8, 4) is 0 Å². The molecule has 2 aromatic heterocycles. The second-order valence-corrected chi connectivity index (χ2v) is 7.06. The molecule has 25 heavy (non-hydrogen) atoms. The van der Waals surface area contributed by atoms with Crippen molar-refractivity contribution in [1.82, 2.24) is 15.0 Å². The van der Waals surface area contributed by atoms with Gasteiger partial charge in [-0.2, -0.15) is 0 Å². The Morgan fingerprint density at radius 2 is 1.96 bits per heavy atom. The summed E-state index contributed by atoms with van der Waals surface area (Å²) in [4.78, 5) is 27.0. The minimum atomic E-state index is -0.0409. The number of hydrogen-bond donors (Lipinski definition) is 0. The summed E-state index contributed by atoms with van der Waals surface area (Å²) in [6, 6.07) is 9.74. The SMILES string of the molecule is CCc1ccccc1N(C(C)=O)c1nc(CSc2ncccn2)cs1. The molecule has 0 radical (unpaired) electrons. The smallest absolute Gasteiger partial charge is 0.230 e. The number of aryl methyl sites for hydroxylation is 1. The van der Waals surface area contributed by atoms with Crippen molar-refractivity contribution in [3.05, 3.63) is 59.4 Å². The largest absolute Gasteiger partial charge is 0.274 e. The molecule has 7 heteroatoms. The number of nitrogens with zero attached hydrogens (tertiary/aromatic N) is 4. The van der Waals surface area contributed by atoms with E-state index in [1.807, 2.05) is 29.6 Å². The molecule has 0 atom stereocenters. The molecular weight excluding hydrogens is 352 g/mol. The summed E-state index contributed by atoms with van der Waals surface area (Å²) in [5.41, 5.74) is 2.94. The summed E-state index contributed by atoms with van der Waals surface area (Å²) in [6.45, 7) is 3.65. The first-order chi connectivity index (χ1) is 12.2. The first kappa shape index (κ1) is 17.6. The van der Waals surface area contributed by atoms with Crippen molar-refractivity contribution >= 4 is 39.8 Å². The molecule has 3 rings (SSSR count). The lowest BCUT2D eigenvalue weighted by Gasteiger charge is -2.20. The molecule has 3 aromatic rings. The maximum Gasteiger partial charge on any atom is 0.230 e. The van der Waals surface area contributed by atoms with Crippen molar-refractivity contribution in [1.29, 1.82) is 0 Å². The van der Waals surface area contributed by atoms with Crippen LogP contribution in [-0.2, 0) is 17.0 Å². The first-order valence-corrected chi connectivity index (χ1v) is 9.78. The van der Waals surface area contributed by atoms with Crippen LogP contribution < -0.4 is 4.90 Å². The molecule has 2 heterocycles. The van der Waals surface area contributed by atoms with Gasteiger partial charge in [0.15, 0.2) is 10.3 Å². The third-order valence-corrected chi connectivity index (χ3v) is 5.33. The van der Waals surface area contributed by atoms with Crippen molar-refractivity contribution in [3.63, 3.8) is 0 Å². The molecule has 1 aromatic carbocycles. The first-order valence-electron chi connectivity index (χ1n) is 7.92. The normalized spacial score (nSPS) is 10.6. The van der Waals surface area contributed by atoms with E-state index in [1.54, 1.807) is 30.3 Å². The third kappa shape index (κ3) is 4.24. The highest BCUT2D eigenvalue weighted by Gasteiger charge is 2.20. The summed E-state index contributed by atoms with van der Waals surface area (Å²) < 4.78 is 0. The van der Waals surface area contributed by atoms with Crippen LogP contribution in [0, 0.1) is 0 Å². The summed E-state index contributed by atoms with van der Waals surface area (Å²) in [6.07, 6.45) is 4.31. The zero-order valence-electron chi connectivity index (χ0n) is 14.0. The second kappa shape index (κ2) is 8.22. The summed E-state index contributed by atoms with van der Waals surface area (Å²) in [5.74, 6) is 0.627. The predicted octanol–water partition coefficient (Wildman–Crippen LogP) is 4.47. The van der Waals surface area contributed by atoms with Crippen LogP contribution in [0.1, 0.15) is 25.1 Å². The summed E-state index contributed by atoms with van der Waals surface area (Å²) in [5, 5.41) is 3.39. The van der Waals surface area contributed by atoms with Gasteiger partial charge in [0.05, 0.1) is 11.4 Å². The van der Waals surface area contributed by atoms with Crippen LogP contribution in [0.25, 0.3) is 0 Å². The van der Waals surface area contributed by atoms with Crippen LogP contribution in [0.5, 0.6) is 0 Å². The Kier molecular flexibility index (Phi) is 5.78. The number of anilines is 2. The number of thioether (sulfide) groups is 1. The fourth-order valence-electron chi connectivity index (χ4n) is 2.40. The van der Waals surface area contributed by atoms with Gasteiger partial charge in [-0.1, -0.05) is 36.9 Å². The maximum atomic E-state index is 12.3. The molecule has 0 saturated carbocycles. The van der Waals surface area contributed by atoms with Gasteiger partial charge in [0.25, 0.3) is 0 Å². The van der Waals surface area contributed by atoms with Gasteiger partial charge in [-0.05, 0) is 24.1 Å². The number of benzene rings is 1. The van der Waals surface area contributed by atoms with E-state index in [0.717, 1.165) is 28.5 Å². The Morgan fingerprint density at radius 1 is 1.20 bits per heavy atom. The van der Waals surface area contributed by atoms with Gasteiger partial charge in [0.2, 0.25) is 5.91 Å². The number of thiazole rings is 1. The maximum absolute atomic E-state index is 12.3. The average molecular weight is 371 g/mol. The molecule has 0 N–H and O–H groups in total. The number of hydrogen-bond acceptors (Lipinski definition) is 6. The van der Waals surface area contributed by atoms with Crippen LogP contribution in [0.2, 0.25) is 0 Å². The Morgan fingerprint density at radius 3 is 2.68 bits per heavy atom. The zero-order chi connectivity index (χ0) is 17.6. The van der Waals surface area contributed by atoms with E-state index in [2.05, 4.69) is 21.9 Å². The third-order valence-electron chi connectivity index (χ3n) is 3.55. The predicted molar refractivity (Wildman–Crippen MR) is 102 cm³/mol. The van der Waals surface area contributed by atoms with E-state index in [9.17, 15) is 4.79 Å². The lowest BCUT2D eigenvalue weighted by atomic mass is 10.1. The molecule has 0 aliphatic heterocycles. The molecule has 0 spiro atoms.